The van der Waals surface area contributed by atoms with E-state index in [-0.39, 0.29) is 18.9 Å². The minimum Gasteiger partial charge on any atom is -0.350 e. The van der Waals surface area contributed by atoms with E-state index in [1.807, 2.05) is 70.2 Å². The van der Waals surface area contributed by atoms with Gasteiger partial charge >= 0.3 is 10.2 Å². The zero-order valence-corrected chi connectivity index (χ0v) is 28.0. The van der Waals surface area contributed by atoms with E-state index in [0.717, 1.165) is 19.7 Å². The standard InChI is InChI=1S/C32H40Cl2N4O4S/c1-22-13-14-23(2)28(17-22)38(43(41,42)36(6)7)21-30(39)37(20-25-15-16-26(33)19-27(25)34)29(31(40)35-32(3,4)5)18-24-11-9-8-10-12-24/h8-17,19,29H,18,20-21H2,1-7H3,(H,35,40). The molecule has 0 saturated heterocycles. The highest BCUT2D eigenvalue weighted by molar-refractivity contribution is 7.90. The van der Waals surface area contributed by atoms with Gasteiger partial charge in [0.15, 0.2) is 0 Å². The van der Waals surface area contributed by atoms with E-state index in [1.165, 1.54) is 19.0 Å². The molecule has 0 aliphatic heterocycles. The first-order chi connectivity index (χ1) is 20.0. The molecule has 0 spiro atoms. The maximum Gasteiger partial charge on any atom is 0.304 e. The molecule has 2 amide bonds. The van der Waals surface area contributed by atoms with Crippen molar-refractivity contribution >= 4 is 50.9 Å². The van der Waals surface area contributed by atoms with E-state index in [1.54, 1.807) is 31.2 Å². The molecule has 11 heteroatoms. The number of hydrogen-bond donors (Lipinski definition) is 1. The molecular weight excluding hydrogens is 607 g/mol. The van der Waals surface area contributed by atoms with Crippen molar-refractivity contribution in [3.05, 3.63) is 99.0 Å². The van der Waals surface area contributed by atoms with E-state index in [4.69, 9.17) is 23.2 Å². The lowest BCUT2D eigenvalue weighted by atomic mass is 10.0. The smallest absolute Gasteiger partial charge is 0.304 e. The van der Waals surface area contributed by atoms with Gasteiger partial charge < -0.3 is 10.2 Å². The Bertz CT molecular complexity index is 1560. The molecule has 1 unspecified atom stereocenters. The zero-order valence-electron chi connectivity index (χ0n) is 25.7. The maximum atomic E-state index is 14.4. The van der Waals surface area contributed by atoms with Gasteiger partial charge in [0.05, 0.1) is 5.69 Å². The molecule has 0 aliphatic rings. The highest BCUT2D eigenvalue weighted by Gasteiger charge is 2.36. The summed E-state index contributed by atoms with van der Waals surface area (Å²) in [6.45, 7) is 8.64. The fourth-order valence-corrected chi connectivity index (χ4v) is 6.11. The number of carbonyl (C=O) groups is 2. The van der Waals surface area contributed by atoms with E-state index >= 15 is 0 Å². The van der Waals surface area contributed by atoms with Gasteiger partial charge in [-0.3, -0.25) is 9.59 Å². The molecule has 0 aromatic heterocycles. The van der Waals surface area contributed by atoms with Crippen molar-refractivity contribution in [3.8, 4) is 0 Å². The van der Waals surface area contributed by atoms with Gasteiger partial charge in [0.25, 0.3) is 0 Å². The van der Waals surface area contributed by atoms with E-state index in [0.29, 0.717) is 26.9 Å². The molecule has 0 bridgehead atoms. The lowest BCUT2D eigenvalue weighted by Gasteiger charge is -2.36. The molecule has 1 N–H and O–H groups in total. The SMILES string of the molecule is Cc1ccc(C)c(N(CC(=O)N(Cc2ccc(Cl)cc2Cl)C(Cc2ccccc2)C(=O)NC(C)(C)C)S(=O)(=O)N(C)C)c1. The summed E-state index contributed by atoms with van der Waals surface area (Å²) in [6, 6.07) is 18.7. The van der Waals surface area contributed by atoms with Crippen molar-refractivity contribution in [2.24, 2.45) is 0 Å². The monoisotopic (exact) mass is 646 g/mol. The number of amides is 2. The first-order valence-electron chi connectivity index (χ1n) is 13.9. The summed E-state index contributed by atoms with van der Waals surface area (Å²) in [5, 5.41) is 3.76. The van der Waals surface area contributed by atoms with Crippen molar-refractivity contribution in [2.45, 2.75) is 59.2 Å². The van der Waals surface area contributed by atoms with Crippen LogP contribution in [-0.2, 0) is 32.8 Å². The van der Waals surface area contributed by atoms with E-state index in [9.17, 15) is 18.0 Å². The molecule has 0 fully saturated rings. The van der Waals surface area contributed by atoms with Crippen molar-refractivity contribution in [1.82, 2.24) is 14.5 Å². The Morgan fingerprint density at radius 1 is 0.930 bits per heavy atom. The van der Waals surface area contributed by atoms with Gasteiger partial charge in [-0.2, -0.15) is 12.7 Å². The number of nitrogens with one attached hydrogen (secondary N) is 1. The van der Waals surface area contributed by atoms with Crippen LogP contribution in [0.1, 0.15) is 43.0 Å². The molecule has 0 heterocycles. The van der Waals surface area contributed by atoms with Gasteiger partial charge in [-0.25, -0.2) is 4.31 Å². The third-order valence-electron chi connectivity index (χ3n) is 6.78. The second-order valence-corrected chi connectivity index (χ2v) is 14.7. The maximum absolute atomic E-state index is 14.4. The summed E-state index contributed by atoms with van der Waals surface area (Å²) in [6.07, 6.45) is 0.198. The first kappa shape index (κ1) is 34.4. The third-order valence-corrected chi connectivity index (χ3v) is 9.17. The van der Waals surface area contributed by atoms with Crippen LogP contribution in [-0.4, -0.2) is 61.7 Å². The molecule has 1 atom stereocenters. The van der Waals surface area contributed by atoms with Crippen LogP contribution < -0.4 is 9.62 Å². The highest BCUT2D eigenvalue weighted by atomic mass is 35.5. The first-order valence-corrected chi connectivity index (χ1v) is 16.0. The summed E-state index contributed by atoms with van der Waals surface area (Å²) in [7, 11) is -1.28. The molecule has 0 radical (unpaired) electrons. The molecule has 43 heavy (non-hydrogen) atoms. The van der Waals surface area contributed by atoms with Crippen LogP contribution in [0.25, 0.3) is 0 Å². The number of nitrogens with zero attached hydrogens (tertiary/aromatic N) is 3. The lowest BCUT2D eigenvalue weighted by molar-refractivity contribution is -0.140. The number of aryl methyl sites for hydroxylation is 2. The quantitative estimate of drug-likeness (QED) is 0.286. The van der Waals surface area contributed by atoms with Crippen LogP contribution in [0.5, 0.6) is 0 Å². The van der Waals surface area contributed by atoms with E-state index in [2.05, 4.69) is 5.32 Å². The number of rotatable bonds is 11. The van der Waals surface area contributed by atoms with Gasteiger partial charge in [0.2, 0.25) is 11.8 Å². The molecule has 8 nitrogen and oxygen atoms in total. The Morgan fingerprint density at radius 3 is 2.16 bits per heavy atom. The molecule has 3 aromatic rings. The van der Waals surface area contributed by atoms with Crippen LogP contribution in [0.2, 0.25) is 10.0 Å². The van der Waals surface area contributed by atoms with Gasteiger partial charge in [0.1, 0.15) is 12.6 Å². The second-order valence-electron chi connectivity index (χ2n) is 11.8. The van der Waals surface area contributed by atoms with Crippen molar-refractivity contribution < 1.29 is 18.0 Å². The van der Waals surface area contributed by atoms with Crippen LogP contribution in [0.4, 0.5) is 5.69 Å². The Hall–Kier alpha value is -3.11. The second kappa shape index (κ2) is 14.1. The average molecular weight is 648 g/mol. The summed E-state index contributed by atoms with van der Waals surface area (Å²) in [4.78, 5) is 29.7. The van der Waals surface area contributed by atoms with Crippen molar-refractivity contribution in [2.75, 3.05) is 24.9 Å². The number of benzene rings is 3. The third kappa shape index (κ3) is 9.19. The molecule has 0 aliphatic carbocycles. The summed E-state index contributed by atoms with van der Waals surface area (Å²) in [5.41, 5.74) is 2.71. The number of hydrogen-bond acceptors (Lipinski definition) is 4. The molecule has 3 aromatic carbocycles. The number of anilines is 1. The van der Waals surface area contributed by atoms with Gasteiger partial charge in [0, 0.05) is 42.6 Å². The lowest BCUT2D eigenvalue weighted by Crippen LogP contribution is -2.56. The summed E-state index contributed by atoms with van der Waals surface area (Å²) in [5.74, 6) is -0.939. The summed E-state index contributed by atoms with van der Waals surface area (Å²) < 4.78 is 29.5. The molecule has 232 valence electrons. The molecular formula is C32H40Cl2N4O4S. The minimum atomic E-state index is -4.11. The topological polar surface area (TPSA) is 90.0 Å². The Balaban J connectivity index is 2.18. The molecule has 0 saturated carbocycles. The Kier molecular flexibility index (Phi) is 11.3. The van der Waals surface area contributed by atoms with Crippen molar-refractivity contribution in [1.29, 1.82) is 0 Å². The predicted octanol–water partition coefficient (Wildman–Crippen LogP) is 5.78. The van der Waals surface area contributed by atoms with Crippen molar-refractivity contribution in [3.63, 3.8) is 0 Å². The number of carbonyl (C=O) groups excluding carboxylic acids is 2. The fourth-order valence-electron chi connectivity index (χ4n) is 4.53. The number of halogens is 2. The largest absolute Gasteiger partial charge is 0.350 e. The van der Waals surface area contributed by atoms with E-state index < -0.39 is 34.2 Å². The van der Waals surface area contributed by atoms with Crippen LogP contribution in [0, 0.1) is 13.8 Å². The molecule has 3 rings (SSSR count). The van der Waals surface area contributed by atoms with Crippen LogP contribution in [0.3, 0.4) is 0 Å². The zero-order chi connectivity index (χ0) is 32.1. The van der Waals surface area contributed by atoms with Crippen LogP contribution >= 0.6 is 23.2 Å². The predicted molar refractivity (Wildman–Crippen MR) is 175 cm³/mol. The Morgan fingerprint density at radius 2 is 1.58 bits per heavy atom. The van der Waals surface area contributed by atoms with Gasteiger partial charge in [-0.05, 0) is 75.1 Å². The van der Waals surface area contributed by atoms with Gasteiger partial charge in [-0.15, -0.1) is 0 Å². The normalized spacial score (nSPS) is 12.6. The Labute approximate surface area is 265 Å². The average Bonchev–Trinajstić information content (AvgIpc) is 2.91. The van der Waals surface area contributed by atoms with Crippen LogP contribution in [0.15, 0.2) is 66.7 Å². The summed E-state index contributed by atoms with van der Waals surface area (Å²) >= 11 is 12.7. The minimum absolute atomic E-state index is 0.0491. The van der Waals surface area contributed by atoms with Gasteiger partial charge in [-0.1, -0.05) is 71.7 Å². The highest BCUT2D eigenvalue weighted by Crippen LogP contribution is 2.28. The fraction of sp³-hybridized carbons (Fsp3) is 0.375.